The fraction of sp³-hybridized carbons (Fsp3) is 0.312. The van der Waals surface area contributed by atoms with E-state index in [2.05, 4.69) is 25.3 Å². The highest BCUT2D eigenvalue weighted by molar-refractivity contribution is 7.99. The van der Waals surface area contributed by atoms with E-state index in [0.717, 1.165) is 11.2 Å². The fourth-order valence-corrected chi connectivity index (χ4v) is 3.41. The summed E-state index contributed by atoms with van der Waals surface area (Å²) in [4.78, 5) is 15.4. The number of nitrogens with zero attached hydrogens (tertiary/aromatic N) is 3. The van der Waals surface area contributed by atoms with Crippen LogP contribution in [0.1, 0.15) is 0 Å². The minimum atomic E-state index is -0.202. The summed E-state index contributed by atoms with van der Waals surface area (Å²) in [7, 11) is 3.16. The monoisotopic (exact) mass is 376 g/mol. The second kappa shape index (κ2) is 8.11. The molecular weight excluding hydrogens is 356 g/mol. The Kier molecular flexibility index (Phi) is 5.64. The van der Waals surface area contributed by atoms with Gasteiger partial charge in [-0.2, -0.15) is 4.98 Å². The van der Waals surface area contributed by atoms with Gasteiger partial charge >= 0.3 is 0 Å². The first-order valence-corrected chi connectivity index (χ1v) is 8.82. The van der Waals surface area contributed by atoms with Crippen molar-refractivity contribution >= 4 is 34.6 Å². The minimum Gasteiger partial charge on any atom is -0.493 e. The van der Waals surface area contributed by atoms with Crippen LogP contribution in [0.25, 0.3) is 11.2 Å². The number of nitrogens with one attached hydrogen (secondary N) is 2. The van der Waals surface area contributed by atoms with Crippen molar-refractivity contribution in [2.24, 2.45) is 0 Å². The molecule has 3 aromatic rings. The number of rotatable bonds is 8. The number of nitrogens with two attached hydrogens (primary N) is 1. The number of hydrogen-bond donors (Lipinski definition) is 4. The summed E-state index contributed by atoms with van der Waals surface area (Å²) >= 11 is 1.46. The Morgan fingerprint density at radius 2 is 2.08 bits per heavy atom. The highest BCUT2D eigenvalue weighted by atomic mass is 32.2. The van der Waals surface area contributed by atoms with Crippen molar-refractivity contribution in [3.63, 3.8) is 0 Å². The molecule has 0 aliphatic rings. The van der Waals surface area contributed by atoms with E-state index in [4.69, 9.17) is 15.2 Å². The van der Waals surface area contributed by atoms with E-state index < -0.39 is 0 Å². The lowest BCUT2D eigenvalue weighted by atomic mass is 10.2. The van der Waals surface area contributed by atoms with E-state index >= 15 is 0 Å². The Bertz CT molecular complexity index is 888. The summed E-state index contributed by atoms with van der Waals surface area (Å²) in [6.07, 6.45) is 1.55. The number of aliphatic hydroxyl groups is 1. The first kappa shape index (κ1) is 18.1. The number of aliphatic hydroxyl groups excluding tert-OH is 1. The first-order valence-electron chi connectivity index (χ1n) is 7.83. The molecule has 26 heavy (non-hydrogen) atoms. The van der Waals surface area contributed by atoms with Gasteiger partial charge in [-0.1, -0.05) is 0 Å². The zero-order chi connectivity index (χ0) is 18.5. The molecule has 0 radical (unpaired) electrons. The third-order valence-corrected chi connectivity index (χ3v) is 4.80. The summed E-state index contributed by atoms with van der Waals surface area (Å²) in [5.41, 5.74) is 7.79. The highest BCUT2D eigenvalue weighted by Gasteiger charge is 2.14. The van der Waals surface area contributed by atoms with Gasteiger partial charge in [0.25, 0.3) is 0 Å². The van der Waals surface area contributed by atoms with Crippen LogP contribution in [0.5, 0.6) is 11.5 Å². The molecule has 1 atom stereocenters. The van der Waals surface area contributed by atoms with Gasteiger partial charge in [0, 0.05) is 17.5 Å². The van der Waals surface area contributed by atoms with Gasteiger partial charge in [0.2, 0.25) is 5.95 Å². The number of fused-ring (bicyclic) bond motifs is 1. The number of thioether (sulfide) groups is 1. The van der Waals surface area contributed by atoms with E-state index in [9.17, 15) is 5.11 Å². The van der Waals surface area contributed by atoms with Gasteiger partial charge < -0.3 is 30.6 Å². The van der Waals surface area contributed by atoms with Crippen molar-refractivity contribution in [3.8, 4) is 11.5 Å². The predicted molar refractivity (Wildman–Crippen MR) is 101 cm³/mol. The number of methoxy groups -OCH3 is 2. The van der Waals surface area contributed by atoms with Crippen LogP contribution in [0.4, 0.5) is 11.6 Å². The molecule has 0 aliphatic carbocycles. The molecule has 0 aliphatic heterocycles. The van der Waals surface area contributed by atoms with Gasteiger partial charge in [0.05, 0.1) is 33.2 Å². The summed E-state index contributed by atoms with van der Waals surface area (Å²) in [5, 5.41) is 13.7. The number of nitrogen functional groups attached to an aromatic ring is 1. The molecule has 0 spiro atoms. The second-order valence-corrected chi connectivity index (χ2v) is 6.40. The number of ether oxygens (including phenoxy) is 2. The maximum absolute atomic E-state index is 9.71. The van der Waals surface area contributed by atoms with Crippen molar-refractivity contribution in [1.29, 1.82) is 0 Å². The SMILES string of the molecule is COc1ccc(N[C@@H](CO)CSc2nc(N)nc3nc[nH]c23)cc1OC. The van der Waals surface area contributed by atoms with E-state index in [1.54, 1.807) is 20.5 Å². The topological polar surface area (TPSA) is 131 Å². The zero-order valence-electron chi connectivity index (χ0n) is 14.4. The summed E-state index contributed by atoms with van der Waals surface area (Å²) < 4.78 is 10.5. The number of H-pyrrole nitrogens is 1. The van der Waals surface area contributed by atoms with Crippen molar-refractivity contribution in [2.75, 3.05) is 37.6 Å². The quantitative estimate of drug-likeness (QED) is 0.341. The van der Waals surface area contributed by atoms with Gasteiger partial charge in [-0.15, -0.1) is 11.8 Å². The van der Waals surface area contributed by atoms with Gasteiger partial charge in [-0.3, -0.25) is 0 Å². The number of imidazole rings is 1. The summed E-state index contributed by atoms with van der Waals surface area (Å²) in [5.74, 6) is 1.99. The summed E-state index contributed by atoms with van der Waals surface area (Å²) in [6.45, 7) is -0.0476. The van der Waals surface area contributed by atoms with Crippen molar-refractivity contribution < 1.29 is 14.6 Å². The van der Waals surface area contributed by atoms with Gasteiger partial charge in [-0.25, -0.2) is 9.97 Å². The largest absolute Gasteiger partial charge is 0.493 e. The Labute approximate surface area is 154 Å². The molecule has 1 aromatic carbocycles. The molecule has 0 bridgehead atoms. The van der Waals surface area contributed by atoms with Crippen LogP contribution in [0.2, 0.25) is 0 Å². The number of benzene rings is 1. The predicted octanol–water partition coefficient (Wildman–Crippen LogP) is 1.52. The first-order chi connectivity index (χ1) is 12.6. The molecule has 0 saturated carbocycles. The number of aromatic nitrogens is 4. The number of hydrogen-bond acceptors (Lipinski definition) is 9. The number of aromatic amines is 1. The van der Waals surface area contributed by atoms with Crippen molar-refractivity contribution in [2.45, 2.75) is 11.1 Å². The van der Waals surface area contributed by atoms with Gasteiger partial charge in [0.15, 0.2) is 17.1 Å². The van der Waals surface area contributed by atoms with Crippen molar-refractivity contribution in [3.05, 3.63) is 24.5 Å². The van der Waals surface area contributed by atoms with Crippen LogP contribution >= 0.6 is 11.8 Å². The highest BCUT2D eigenvalue weighted by Crippen LogP contribution is 2.30. The smallest absolute Gasteiger partial charge is 0.223 e. The Morgan fingerprint density at radius 1 is 1.27 bits per heavy atom. The lowest BCUT2D eigenvalue weighted by molar-refractivity contribution is 0.283. The average molecular weight is 376 g/mol. The van der Waals surface area contributed by atoms with E-state index in [1.165, 1.54) is 11.8 Å². The summed E-state index contributed by atoms with van der Waals surface area (Å²) in [6, 6.07) is 5.29. The normalized spacial score (nSPS) is 12.1. The molecule has 2 heterocycles. The molecule has 9 nitrogen and oxygen atoms in total. The van der Waals surface area contributed by atoms with Crippen LogP contribution in [0, 0.1) is 0 Å². The Hall–Kier alpha value is -2.72. The Balaban J connectivity index is 1.71. The fourth-order valence-electron chi connectivity index (χ4n) is 2.41. The van der Waals surface area contributed by atoms with Gasteiger partial charge in [0.1, 0.15) is 10.5 Å². The average Bonchev–Trinajstić information content (AvgIpc) is 3.12. The standard InChI is InChI=1S/C16H20N6O3S/c1-24-11-4-3-9(5-12(11)25-2)20-10(6-23)7-26-15-13-14(19-8-18-13)21-16(17)22-15/h3-5,8,10,20,23H,6-7H2,1-2H3,(H3,17,18,19,21,22)/t10-/m0/s1. The zero-order valence-corrected chi connectivity index (χ0v) is 15.2. The molecule has 0 fully saturated rings. The van der Waals surface area contributed by atoms with Crippen LogP contribution in [-0.2, 0) is 0 Å². The number of anilines is 2. The van der Waals surface area contributed by atoms with Crippen molar-refractivity contribution in [1.82, 2.24) is 19.9 Å². The maximum atomic E-state index is 9.71. The lowest BCUT2D eigenvalue weighted by Crippen LogP contribution is -2.26. The second-order valence-electron chi connectivity index (χ2n) is 5.39. The van der Waals surface area contributed by atoms with E-state index in [1.807, 2.05) is 18.2 Å². The third kappa shape index (κ3) is 3.92. The molecule has 0 unspecified atom stereocenters. The molecule has 0 amide bonds. The lowest BCUT2D eigenvalue weighted by Gasteiger charge is -2.18. The molecule has 0 saturated heterocycles. The van der Waals surface area contributed by atoms with Crippen LogP contribution < -0.4 is 20.5 Å². The van der Waals surface area contributed by atoms with Crippen LogP contribution in [0.3, 0.4) is 0 Å². The Morgan fingerprint density at radius 3 is 2.81 bits per heavy atom. The van der Waals surface area contributed by atoms with Crippen LogP contribution in [-0.4, -0.2) is 57.7 Å². The molecule has 3 rings (SSSR count). The molecule has 2 aromatic heterocycles. The van der Waals surface area contributed by atoms with Crippen LogP contribution in [0.15, 0.2) is 29.6 Å². The third-order valence-electron chi connectivity index (χ3n) is 3.67. The molecule has 138 valence electrons. The van der Waals surface area contributed by atoms with E-state index in [-0.39, 0.29) is 18.6 Å². The van der Waals surface area contributed by atoms with Gasteiger partial charge in [-0.05, 0) is 12.1 Å². The van der Waals surface area contributed by atoms with E-state index in [0.29, 0.717) is 27.9 Å². The minimum absolute atomic E-state index is 0.0476. The molecular formula is C16H20N6O3S. The maximum Gasteiger partial charge on any atom is 0.223 e. The molecule has 5 N–H and O–H groups in total. The molecule has 10 heteroatoms.